The van der Waals surface area contributed by atoms with Gasteiger partial charge < -0.3 is 16.2 Å². The lowest BCUT2D eigenvalue weighted by Crippen LogP contribution is -2.35. The summed E-state index contributed by atoms with van der Waals surface area (Å²) in [6, 6.07) is 0.473. The van der Waals surface area contributed by atoms with Gasteiger partial charge in [-0.3, -0.25) is 4.79 Å². The van der Waals surface area contributed by atoms with E-state index in [4.69, 9.17) is 15.6 Å². The van der Waals surface area contributed by atoms with Gasteiger partial charge in [0.05, 0.1) is 0 Å². The molecule has 1 aliphatic rings. The van der Waals surface area contributed by atoms with Crippen molar-refractivity contribution in [2.24, 2.45) is 5.73 Å². The van der Waals surface area contributed by atoms with Crippen LogP contribution in [0.1, 0.15) is 19.8 Å². The number of carboxylic acids is 1. The van der Waals surface area contributed by atoms with Crippen molar-refractivity contribution in [1.29, 1.82) is 0 Å². The summed E-state index contributed by atoms with van der Waals surface area (Å²) in [7, 11) is 0. The first-order valence-electron chi connectivity index (χ1n) is 3.78. The molecule has 0 aromatic carbocycles. The largest absolute Gasteiger partial charge is 0.481 e. The molecule has 0 unspecified atom stereocenters. The highest BCUT2D eigenvalue weighted by atomic mass is 16.4. The SMILES string of the molecule is CC(=O)O.NC1CCNCC1. The van der Waals surface area contributed by atoms with E-state index in [1.807, 2.05) is 0 Å². The molecule has 0 amide bonds. The lowest BCUT2D eigenvalue weighted by atomic mass is 10.1. The zero-order valence-electron chi connectivity index (χ0n) is 6.84. The highest BCUT2D eigenvalue weighted by Crippen LogP contribution is 1.96. The van der Waals surface area contributed by atoms with Gasteiger partial charge in [0.25, 0.3) is 5.97 Å². The Bertz CT molecular complexity index is 107. The van der Waals surface area contributed by atoms with Crippen LogP contribution in [0.25, 0.3) is 0 Å². The fourth-order valence-electron chi connectivity index (χ4n) is 0.844. The summed E-state index contributed by atoms with van der Waals surface area (Å²) < 4.78 is 0. The van der Waals surface area contributed by atoms with Crippen molar-refractivity contribution in [2.45, 2.75) is 25.8 Å². The number of hydrogen-bond acceptors (Lipinski definition) is 3. The first-order valence-corrected chi connectivity index (χ1v) is 3.78. The molecule has 0 saturated carbocycles. The number of nitrogens with two attached hydrogens (primary N) is 1. The van der Waals surface area contributed by atoms with Crippen LogP contribution in [-0.2, 0) is 4.79 Å². The third-order valence-electron chi connectivity index (χ3n) is 1.38. The molecule has 0 aliphatic carbocycles. The van der Waals surface area contributed by atoms with Crippen molar-refractivity contribution in [2.75, 3.05) is 13.1 Å². The Morgan fingerprint density at radius 3 is 2.09 bits per heavy atom. The molecule has 4 nitrogen and oxygen atoms in total. The Kier molecular flexibility index (Phi) is 5.78. The van der Waals surface area contributed by atoms with Crippen molar-refractivity contribution in [3.63, 3.8) is 0 Å². The van der Waals surface area contributed by atoms with Gasteiger partial charge in [-0.25, -0.2) is 0 Å². The topological polar surface area (TPSA) is 75.3 Å². The number of aliphatic carboxylic acids is 1. The van der Waals surface area contributed by atoms with Crippen molar-refractivity contribution in [3.05, 3.63) is 0 Å². The third-order valence-corrected chi connectivity index (χ3v) is 1.38. The number of carboxylic acid groups (broad SMARTS) is 1. The zero-order valence-corrected chi connectivity index (χ0v) is 6.84. The predicted molar refractivity (Wildman–Crippen MR) is 43.4 cm³/mol. The second-order valence-corrected chi connectivity index (χ2v) is 2.61. The van der Waals surface area contributed by atoms with Gasteiger partial charge in [-0.2, -0.15) is 0 Å². The maximum Gasteiger partial charge on any atom is 0.300 e. The fraction of sp³-hybridized carbons (Fsp3) is 0.857. The molecule has 66 valence electrons. The minimum atomic E-state index is -0.833. The molecule has 1 saturated heterocycles. The van der Waals surface area contributed by atoms with E-state index in [0.717, 1.165) is 32.9 Å². The summed E-state index contributed by atoms with van der Waals surface area (Å²) in [5.41, 5.74) is 5.59. The summed E-state index contributed by atoms with van der Waals surface area (Å²) >= 11 is 0. The highest BCUT2D eigenvalue weighted by molar-refractivity contribution is 5.62. The molecular weight excluding hydrogens is 144 g/mol. The van der Waals surface area contributed by atoms with Gasteiger partial charge in [0.2, 0.25) is 0 Å². The van der Waals surface area contributed by atoms with Crippen LogP contribution in [-0.4, -0.2) is 30.2 Å². The van der Waals surface area contributed by atoms with Crippen LogP contribution >= 0.6 is 0 Å². The molecule has 1 fully saturated rings. The van der Waals surface area contributed by atoms with Crippen LogP contribution in [0.4, 0.5) is 0 Å². The molecule has 11 heavy (non-hydrogen) atoms. The van der Waals surface area contributed by atoms with Crippen molar-refractivity contribution in [3.8, 4) is 0 Å². The molecule has 1 rings (SSSR count). The Morgan fingerprint density at radius 1 is 1.55 bits per heavy atom. The average molecular weight is 160 g/mol. The average Bonchev–Trinajstić information content (AvgIpc) is 1.87. The van der Waals surface area contributed by atoms with Crippen molar-refractivity contribution < 1.29 is 9.90 Å². The van der Waals surface area contributed by atoms with Crippen LogP contribution in [0.3, 0.4) is 0 Å². The summed E-state index contributed by atoms with van der Waals surface area (Å²) in [6.45, 7) is 3.31. The van der Waals surface area contributed by atoms with Crippen molar-refractivity contribution in [1.82, 2.24) is 5.32 Å². The standard InChI is InChI=1S/C5H12N2.C2H4O2/c6-5-1-3-7-4-2-5;1-2(3)4/h5,7H,1-4,6H2;1H3,(H,3,4). The summed E-state index contributed by atoms with van der Waals surface area (Å²) in [5.74, 6) is -0.833. The molecule has 4 N–H and O–H groups in total. The van der Waals surface area contributed by atoms with Crippen LogP contribution in [0.15, 0.2) is 0 Å². The van der Waals surface area contributed by atoms with Crippen LogP contribution in [0.2, 0.25) is 0 Å². The summed E-state index contributed by atoms with van der Waals surface area (Å²) in [6.07, 6.45) is 2.31. The van der Waals surface area contributed by atoms with E-state index in [0.29, 0.717) is 6.04 Å². The van der Waals surface area contributed by atoms with E-state index in [1.54, 1.807) is 0 Å². The van der Waals surface area contributed by atoms with Gasteiger partial charge >= 0.3 is 0 Å². The first kappa shape index (κ1) is 10.4. The Labute approximate surface area is 66.8 Å². The quantitative estimate of drug-likeness (QED) is 0.458. The monoisotopic (exact) mass is 160 g/mol. The number of carbonyl (C=O) groups is 1. The van der Waals surface area contributed by atoms with E-state index in [2.05, 4.69) is 5.32 Å². The lowest BCUT2D eigenvalue weighted by molar-refractivity contribution is -0.134. The molecule has 0 radical (unpaired) electrons. The van der Waals surface area contributed by atoms with Gasteiger partial charge in [0.1, 0.15) is 0 Å². The Morgan fingerprint density at radius 2 is 1.91 bits per heavy atom. The number of hydrogen-bond donors (Lipinski definition) is 3. The van der Waals surface area contributed by atoms with E-state index in [9.17, 15) is 0 Å². The molecule has 0 atom stereocenters. The van der Waals surface area contributed by atoms with Crippen LogP contribution in [0, 0.1) is 0 Å². The molecule has 0 spiro atoms. The molecular formula is C7H16N2O2. The van der Waals surface area contributed by atoms with E-state index < -0.39 is 5.97 Å². The van der Waals surface area contributed by atoms with Gasteiger partial charge in [-0.05, 0) is 25.9 Å². The van der Waals surface area contributed by atoms with Gasteiger partial charge in [-0.15, -0.1) is 0 Å². The molecule has 4 heteroatoms. The fourth-order valence-corrected chi connectivity index (χ4v) is 0.844. The highest BCUT2D eigenvalue weighted by Gasteiger charge is 2.05. The normalized spacial score (nSPS) is 18.4. The van der Waals surface area contributed by atoms with Gasteiger partial charge in [0, 0.05) is 13.0 Å². The molecule has 1 heterocycles. The molecule has 1 aliphatic heterocycles. The first-order chi connectivity index (χ1) is 5.13. The summed E-state index contributed by atoms with van der Waals surface area (Å²) in [4.78, 5) is 9.00. The summed E-state index contributed by atoms with van der Waals surface area (Å²) in [5, 5.41) is 10.7. The smallest absolute Gasteiger partial charge is 0.300 e. The van der Waals surface area contributed by atoms with E-state index in [1.165, 1.54) is 0 Å². The van der Waals surface area contributed by atoms with Crippen LogP contribution < -0.4 is 11.1 Å². The second-order valence-electron chi connectivity index (χ2n) is 2.61. The van der Waals surface area contributed by atoms with E-state index in [-0.39, 0.29) is 0 Å². The third kappa shape index (κ3) is 9.39. The number of rotatable bonds is 0. The maximum atomic E-state index is 9.00. The Balaban J connectivity index is 0.000000218. The van der Waals surface area contributed by atoms with Gasteiger partial charge in [-0.1, -0.05) is 0 Å². The zero-order chi connectivity index (χ0) is 8.69. The second kappa shape index (κ2) is 6.12. The predicted octanol–water partition coefficient (Wildman–Crippen LogP) is -0.212. The molecule has 0 bridgehead atoms. The lowest BCUT2D eigenvalue weighted by Gasteiger charge is -2.17. The number of nitrogens with one attached hydrogen (secondary N) is 1. The maximum absolute atomic E-state index is 9.00. The Hall–Kier alpha value is -0.610. The minimum absolute atomic E-state index is 0.473. The van der Waals surface area contributed by atoms with Crippen LogP contribution in [0.5, 0.6) is 0 Å². The number of piperidine rings is 1. The van der Waals surface area contributed by atoms with Crippen molar-refractivity contribution >= 4 is 5.97 Å². The molecule has 0 aromatic rings. The van der Waals surface area contributed by atoms with E-state index >= 15 is 0 Å². The van der Waals surface area contributed by atoms with Gasteiger partial charge in [0.15, 0.2) is 0 Å². The minimum Gasteiger partial charge on any atom is -0.481 e. The molecule has 0 aromatic heterocycles.